The van der Waals surface area contributed by atoms with Crippen molar-refractivity contribution in [3.8, 4) is 0 Å². The number of rotatable bonds is 3. The van der Waals surface area contributed by atoms with Crippen molar-refractivity contribution < 1.29 is 0 Å². The molecule has 2 rings (SSSR count). The zero-order valence-electron chi connectivity index (χ0n) is 9.92. The van der Waals surface area contributed by atoms with E-state index in [1.807, 2.05) is 18.2 Å². The molecular weight excluding hydrogens is 253 g/mol. The van der Waals surface area contributed by atoms with Crippen LogP contribution >= 0.6 is 23.2 Å². The van der Waals surface area contributed by atoms with E-state index in [2.05, 4.69) is 24.4 Å². The Balaban J connectivity index is 2.01. The molecule has 2 atom stereocenters. The highest BCUT2D eigenvalue weighted by molar-refractivity contribution is 6.42. The highest BCUT2D eigenvalue weighted by Crippen LogP contribution is 2.26. The standard InChI is InChI=1S/C14H17Cl2N/c1-10(17-12-5-3-2-4-6-12)11-7-8-13(15)14(16)9-11/h2-3,7-10,12,17H,4-6H2,1H3. The maximum absolute atomic E-state index is 6.03. The van der Waals surface area contributed by atoms with Crippen LogP contribution in [0.4, 0.5) is 0 Å². The molecule has 0 aromatic heterocycles. The molecule has 1 nitrogen and oxygen atoms in total. The summed E-state index contributed by atoms with van der Waals surface area (Å²) in [6.07, 6.45) is 8.00. The quantitative estimate of drug-likeness (QED) is 0.781. The third-order valence-corrected chi connectivity index (χ3v) is 3.94. The molecule has 3 heteroatoms. The van der Waals surface area contributed by atoms with Crippen LogP contribution in [0.2, 0.25) is 10.0 Å². The van der Waals surface area contributed by atoms with E-state index < -0.39 is 0 Å². The summed E-state index contributed by atoms with van der Waals surface area (Å²) in [5, 5.41) is 4.87. The molecule has 1 aliphatic rings. The Morgan fingerprint density at radius 2 is 2.06 bits per heavy atom. The van der Waals surface area contributed by atoms with Gasteiger partial charge in [-0.3, -0.25) is 0 Å². The Kier molecular flexibility index (Phi) is 4.49. The van der Waals surface area contributed by atoms with Gasteiger partial charge in [-0.15, -0.1) is 0 Å². The summed E-state index contributed by atoms with van der Waals surface area (Å²) in [7, 11) is 0. The van der Waals surface area contributed by atoms with Gasteiger partial charge >= 0.3 is 0 Å². The third-order valence-electron chi connectivity index (χ3n) is 3.20. The summed E-state index contributed by atoms with van der Waals surface area (Å²) in [5.74, 6) is 0. The molecule has 1 N–H and O–H groups in total. The van der Waals surface area contributed by atoms with Crippen molar-refractivity contribution in [1.82, 2.24) is 5.32 Å². The topological polar surface area (TPSA) is 12.0 Å². The van der Waals surface area contributed by atoms with Gasteiger partial charge in [-0.1, -0.05) is 41.4 Å². The second kappa shape index (κ2) is 5.90. The summed E-state index contributed by atoms with van der Waals surface area (Å²) in [6, 6.07) is 6.72. The minimum absolute atomic E-state index is 0.307. The van der Waals surface area contributed by atoms with Crippen molar-refractivity contribution in [3.63, 3.8) is 0 Å². The molecule has 0 bridgehead atoms. The van der Waals surface area contributed by atoms with Gasteiger partial charge in [0.25, 0.3) is 0 Å². The van der Waals surface area contributed by atoms with E-state index in [-0.39, 0.29) is 0 Å². The van der Waals surface area contributed by atoms with Gasteiger partial charge in [0, 0.05) is 12.1 Å². The molecule has 0 radical (unpaired) electrons. The average Bonchev–Trinajstić information content (AvgIpc) is 2.34. The Hall–Kier alpha value is -0.500. The zero-order valence-corrected chi connectivity index (χ0v) is 11.4. The summed E-state index contributed by atoms with van der Waals surface area (Å²) >= 11 is 11.9. The smallest absolute Gasteiger partial charge is 0.0595 e. The first-order valence-electron chi connectivity index (χ1n) is 6.03. The largest absolute Gasteiger partial charge is 0.307 e. The molecule has 0 amide bonds. The summed E-state index contributed by atoms with van der Waals surface area (Å²) in [5.41, 5.74) is 1.19. The maximum Gasteiger partial charge on any atom is 0.0595 e. The average molecular weight is 270 g/mol. The van der Waals surface area contributed by atoms with Crippen molar-refractivity contribution in [2.24, 2.45) is 0 Å². The number of halogens is 2. The van der Waals surface area contributed by atoms with Crippen LogP contribution in [0.5, 0.6) is 0 Å². The lowest BCUT2D eigenvalue weighted by Crippen LogP contribution is -2.32. The highest BCUT2D eigenvalue weighted by atomic mass is 35.5. The molecule has 1 aromatic rings. The van der Waals surface area contributed by atoms with Crippen LogP contribution in [0.3, 0.4) is 0 Å². The number of allylic oxidation sites excluding steroid dienone is 1. The van der Waals surface area contributed by atoms with Gasteiger partial charge in [0.15, 0.2) is 0 Å². The van der Waals surface area contributed by atoms with E-state index in [9.17, 15) is 0 Å². The van der Waals surface area contributed by atoms with Gasteiger partial charge in [0.05, 0.1) is 10.0 Å². The van der Waals surface area contributed by atoms with E-state index in [1.165, 1.54) is 18.4 Å². The predicted octanol–water partition coefficient (Wildman–Crippen LogP) is 4.75. The second-order valence-corrected chi connectivity index (χ2v) is 5.36. The second-order valence-electron chi connectivity index (χ2n) is 4.54. The van der Waals surface area contributed by atoms with E-state index in [0.717, 1.165) is 6.42 Å². The van der Waals surface area contributed by atoms with Gasteiger partial charge in [0.1, 0.15) is 0 Å². The van der Waals surface area contributed by atoms with Crippen molar-refractivity contribution in [2.45, 2.75) is 38.3 Å². The number of nitrogens with one attached hydrogen (secondary N) is 1. The van der Waals surface area contributed by atoms with Crippen LogP contribution in [0.15, 0.2) is 30.4 Å². The summed E-state index contributed by atoms with van der Waals surface area (Å²) < 4.78 is 0. The molecule has 17 heavy (non-hydrogen) atoms. The maximum atomic E-state index is 6.03. The molecule has 1 aromatic carbocycles. The monoisotopic (exact) mass is 269 g/mol. The van der Waals surface area contributed by atoms with Gasteiger partial charge in [-0.2, -0.15) is 0 Å². The Labute approximate surface area is 113 Å². The van der Waals surface area contributed by atoms with Crippen LogP contribution < -0.4 is 5.32 Å². The minimum Gasteiger partial charge on any atom is -0.307 e. The molecule has 0 saturated carbocycles. The molecule has 0 aliphatic heterocycles. The Morgan fingerprint density at radius 3 is 2.71 bits per heavy atom. The van der Waals surface area contributed by atoms with Crippen molar-refractivity contribution >= 4 is 23.2 Å². The van der Waals surface area contributed by atoms with Crippen molar-refractivity contribution in [3.05, 3.63) is 46.0 Å². The van der Waals surface area contributed by atoms with Gasteiger partial charge in [-0.25, -0.2) is 0 Å². The fourth-order valence-electron chi connectivity index (χ4n) is 2.18. The molecule has 2 unspecified atom stereocenters. The van der Waals surface area contributed by atoms with Crippen LogP contribution in [0, 0.1) is 0 Å². The van der Waals surface area contributed by atoms with E-state index in [4.69, 9.17) is 23.2 Å². The highest BCUT2D eigenvalue weighted by Gasteiger charge is 2.14. The number of benzene rings is 1. The van der Waals surface area contributed by atoms with E-state index >= 15 is 0 Å². The first kappa shape index (κ1) is 12.9. The third kappa shape index (κ3) is 3.48. The first-order chi connectivity index (χ1) is 8.16. The molecule has 0 spiro atoms. The molecule has 0 saturated heterocycles. The molecule has 1 aliphatic carbocycles. The lowest BCUT2D eigenvalue weighted by molar-refractivity contribution is 0.426. The Bertz CT molecular complexity index is 415. The molecule has 0 fully saturated rings. The van der Waals surface area contributed by atoms with Gasteiger partial charge in [-0.05, 0) is 43.9 Å². The summed E-state index contributed by atoms with van der Waals surface area (Å²) in [4.78, 5) is 0. The van der Waals surface area contributed by atoms with Crippen LogP contribution in [0.25, 0.3) is 0 Å². The SMILES string of the molecule is CC(NC1CC=CCC1)c1ccc(Cl)c(Cl)c1. The van der Waals surface area contributed by atoms with Gasteiger partial charge in [0.2, 0.25) is 0 Å². The minimum atomic E-state index is 0.307. The van der Waals surface area contributed by atoms with E-state index in [0.29, 0.717) is 22.1 Å². The lowest BCUT2D eigenvalue weighted by Gasteiger charge is -2.24. The fourth-order valence-corrected chi connectivity index (χ4v) is 2.48. The predicted molar refractivity (Wildman–Crippen MR) is 74.8 cm³/mol. The first-order valence-corrected chi connectivity index (χ1v) is 6.78. The van der Waals surface area contributed by atoms with Crippen molar-refractivity contribution in [1.29, 1.82) is 0 Å². The van der Waals surface area contributed by atoms with Crippen molar-refractivity contribution in [2.75, 3.05) is 0 Å². The normalized spacial score (nSPS) is 21.5. The Morgan fingerprint density at radius 1 is 1.24 bits per heavy atom. The van der Waals surface area contributed by atoms with Crippen LogP contribution in [-0.4, -0.2) is 6.04 Å². The molecule has 92 valence electrons. The molecular formula is C14H17Cl2N. The summed E-state index contributed by atoms with van der Waals surface area (Å²) in [6.45, 7) is 2.16. The van der Waals surface area contributed by atoms with Crippen LogP contribution in [0.1, 0.15) is 37.8 Å². The van der Waals surface area contributed by atoms with Crippen LogP contribution in [-0.2, 0) is 0 Å². The van der Waals surface area contributed by atoms with Gasteiger partial charge < -0.3 is 5.32 Å². The molecule has 0 heterocycles. The lowest BCUT2D eigenvalue weighted by atomic mass is 9.99. The number of hydrogen-bond acceptors (Lipinski definition) is 1. The zero-order chi connectivity index (χ0) is 12.3. The number of hydrogen-bond donors (Lipinski definition) is 1. The fraction of sp³-hybridized carbons (Fsp3) is 0.429. The van der Waals surface area contributed by atoms with E-state index in [1.54, 1.807) is 0 Å².